The zero-order valence-corrected chi connectivity index (χ0v) is 17.6. The van der Waals surface area contributed by atoms with Gasteiger partial charge in [-0.05, 0) is 47.0 Å². The number of fused-ring (bicyclic) bond motifs is 5. The maximum atomic E-state index is 6.02. The van der Waals surface area contributed by atoms with Gasteiger partial charge in [-0.25, -0.2) is 0 Å². The molecule has 0 radical (unpaired) electrons. The molecule has 0 saturated carbocycles. The van der Waals surface area contributed by atoms with E-state index in [1.807, 2.05) is 31.6 Å². The number of pyridine rings is 1. The minimum Gasteiger partial charge on any atom is -0.493 e. The van der Waals surface area contributed by atoms with Gasteiger partial charge in [0.2, 0.25) is 5.95 Å². The van der Waals surface area contributed by atoms with E-state index in [4.69, 9.17) is 9.72 Å². The maximum Gasteiger partial charge on any atom is 0.226 e. The Morgan fingerprint density at radius 2 is 2.00 bits per heavy atom. The van der Waals surface area contributed by atoms with E-state index in [-0.39, 0.29) is 0 Å². The second-order valence-electron chi connectivity index (χ2n) is 7.92. The Balaban J connectivity index is 1.57. The van der Waals surface area contributed by atoms with Gasteiger partial charge in [0.05, 0.1) is 17.5 Å². The highest BCUT2D eigenvalue weighted by Gasteiger charge is 2.16. The third-order valence-corrected chi connectivity index (χ3v) is 5.82. The molecule has 6 rings (SSSR count). The van der Waals surface area contributed by atoms with Gasteiger partial charge in [-0.1, -0.05) is 18.2 Å². The normalized spacial score (nSPS) is 13.3. The van der Waals surface area contributed by atoms with Gasteiger partial charge in [0.15, 0.2) is 0 Å². The zero-order chi connectivity index (χ0) is 21.5. The van der Waals surface area contributed by atoms with Crippen molar-refractivity contribution in [2.45, 2.75) is 13.0 Å². The van der Waals surface area contributed by atoms with E-state index in [9.17, 15) is 0 Å². The summed E-state index contributed by atoms with van der Waals surface area (Å²) in [6.07, 6.45) is 4.74. The van der Waals surface area contributed by atoms with Crippen molar-refractivity contribution >= 4 is 33.7 Å². The number of benzene rings is 2. The number of hydrogen-bond donors (Lipinski definition) is 3. The van der Waals surface area contributed by atoms with Crippen LogP contribution in [0.4, 0.5) is 11.8 Å². The summed E-state index contributed by atoms with van der Waals surface area (Å²) in [5, 5.41) is 8.63. The molecule has 7 nitrogen and oxygen atoms in total. The topological polar surface area (TPSA) is 87.8 Å². The monoisotopic (exact) mass is 422 g/mol. The van der Waals surface area contributed by atoms with Gasteiger partial charge in [0, 0.05) is 43.4 Å². The molecular formula is C25H22N6O. The summed E-state index contributed by atoms with van der Waals surface area (Å²) in [5.74, 6) is 2.20. The average Bonchev–Trinajstić information content (AvgIpc) is 3.26. The SMILES string of the molecule is CNc1nc2c3c(c[nH]c3n1)-c1ccc3ncc(cc3c1)CCOc1cccc(c1)CN2. The van der Waals surface area contributed by atoms with E-state index in [1.54, 1.807) is 0 Å². The first-order valence-corrected chi connectivity index (χ1v) is 10.7. The fourth-order valence-electron chi connectivity index (χ4n) is 4.20. The van der Waals surface area contributed by atoms with E-state index >= 15 is 0 Å². The molecule has 0 aliphatic carbocycles. The van der Waals surface area contributed by atoms with Crippen molar-refractivity contribution in [2.24, 2.45) is 0 Å². The summed E-state index contributed by atoms with van der Waals surface area (Å²) in [5.41, 5.74) is 6.18. The quantitative estimate of drug-likeness (QED) is 0.361. The molecule has 0 unspecified atom stereocenters. The third kappa shape index (κ3) is 3.28. The Kier molecular flexibility index (Phi) is 4.38. The van der Waals surface area contributed by atoms with Crippen LogP contribution in [0.3, 0.4) is 0 Å². The van der Waals surface area contributed by atoms with E-state index in [2.05, 4.69) is 62.0 Å². The highest BCUT2D eigenvalue weighted by Crippen LogP contribution is 2.35. The summed E-state index contributed by atoms with van der Waals surface area (Å²) in [4.78, 5) is 17.3. The van der Waals surface area contributed by atoms with Crippen molar-refractivity contribution < 1.29 is 4.74 Å². The van der Waals surface area contributed by atoms with Crippen LogP contribution in [0.15, 0.2) is 60.9 Å². The number of ether oxygens (including phenoxy) is 1. The Morgan fingerprint density at radius 1 is 1.03 bits per heavy atom. The van der Waals surface area contributed by atoms with E-state index < -0.39 is 0 Å². The predicted molar refractivity (Wildman–Crippen MR) is 127 cm³/mol. The van der Waals surface area contributed by atoms with Crippen LogP contribution in [-0.4, -0.2) is 33.6 Å². The lowest BCUT2D eigenvalue weighted by molar-refractivity contribution is 0.321. The molecule has 0 saturated heterocycles. The van der Waals surface area contributed by atoms with Crippen molar-refractivity contribution in [1.82, 2.24) is 19.9 Å². The van der Waals surface area contributed by atoms with Crippen LogP contribution < -0.4 is 15.4 Å². The number of nitrogens with one attached hydrogen (secondary N) is 3. The highest BCUT2D eigenvalue weighted by atomic mass is 16.5. The molecule has 5 aromatic rings. The van der Waals surface area contributed by atoms with Crippen LogP contribution in [0.25, 0.3) is 33.1 Å². The van der Waals surface area contributed by atoms with Gasteiger partial charge in [0.25, 0.3) is 0 Å². The number of rotatable bonds is 1. The molecule has 3 aromatic heterocycles. The summed E-state index contributed by atoms with van der Waals surface area (Å²) in [7, 11) is 1.82. The number of hydrogen-bond acceptors (Lipinski definition) is 6. The van der Waals surface area contributed by atoms with Gasteiger partial charge in [-0.2, -0.15) is 9.97 Å². The number of nitrogens with zero attached hydrogens (tertiary/aromatic N) is 3. The lowest BCUT2D eigenvalue weighted by Gasteiger charge is -2.13. The maximum absolute atomic E-state index is 6.02. The van der Waals surface area contributed by atoms with Crippen molar-refractivity contribution in [2.75, 3.05) is 24.3 Å². The molecule has 0 amide bonds. The Bertz CT molecular complexity index is 1460. The second kappa shape index (κ2) is 7.53. The molecule has 1 aliphatic rings. The van der Waals surface area contributed by atoms with Crippen LogP contribution >= 0.6 is 0 Å². The van der Waals surface area contributed by atoms with Crippen LogP contribution in [0.1, 0.15) is 11.1 Å². The zero-order valence-electron chi connectivity index (χ0n) is 17.6. The van der Waals surface area contributed by atoms with Crippen LogP contribution in [0, 0.1) is 0 Å². The molecule has 4 heterocycles. The van der Waals surface area contributed by atoms with Gasteiger partial charge < -0.3 is 20.4 Å². The van der Waals surface area contributed by atoms with Crippen molar-refractivity contribution in [1.29, 1.82) is 0 Å². The fourth-order valence-corrected chi connectivity index (χ4v) is 4.20. The van der Waals surface area contributed by atoms with Crippen LogP contribution in [-0.2, 0) is 13.0 Å². The Morgan fingerprint density at radius 3 is 2.94 bits per heavy atom. The first-order chi connectivity index (χ1) is 15.8. The summed E-state index contributed by atoms with van der Waals surface area (Å²) in [6.45, 7) is 1.23. The van der Waals surface area contributed by atoms with Gasteiger partial charge >= 0.3 is 0 Å². The molecule has 7 heteroatoms. The minimum atomic E-state index is 0.562. The largest absolute Gasteiger partial charge is 0.493 e. The molecule has 3 N–H and O–H groups in total. The van der Waals surface area contributed by atoms with E-state index in [0.29, 0.717) is 19.1 Å². The van der Waals surface area contributed by atoms with Gasteiger partial charge in [-0.15, -0.1) is 0 Å². The Labute approximate surface area is 184 Å². The fraction of sp³-hybridized carbons (Fsp3) is 0.160. The molecular weight excluding hydrogens is 400 g/mol. The average molecular weight is 422 g/mol. The Hall–Kier alpha value is -4.13. The van der Waals surface area contributed by atoms with Crippen LogP contribution in [0.2, 0.25) is 0 Å². The first kappa shape index (κ1) is 18.6. The number of aromatic amines is 1. The smallest absolute Gasteiger partial charge is 0.226 e. The molecule has 1 aliphatic heterocycles. The molecule has 158 valence electrons. The molecule has 5 bridgehead atoms. The molecule has 32 heavy (non-hydrogen) atoms. The molecule has 0 atom stereocenters. The van der Waals surface area contributed by atoms with Crippen LogP contribution in [0.5, 0.6) is 5.75 Å². The van der Waals surface area contributed by atoms with E-state index in [0.717, 1.165) is 62.2 Å². The lowest BCUT2D eigenvalue weighted by atomic mass is 10.0. The summed E-state index contributed by atoms with van der Waals surface area (Å²) < 4.78 is 6.02. The van der Waals surface area contributed by atoms with E-state index in [1.165, 1.54) is 0 Å². The number of H-pyrrole nitrogens is 1. The third-order valence-electron chi connectivity index (χ3n) is 5.82. The second-order valence-corrected chi connectivity index (χ2v) is 7.92. The van der Waals surface area contributed by atoms with Crippen molar-refractivity contribution in [3.8, 4) is 16.9 Å². The highest BCUT2D eigenvalue weighted by molar-refractivity contribution is 6.02. The summed E-state index contributed by atoms with van der Waals surface area (Å²) in [6, 6.07) is 16.7. The standard InChI is InChI=1S/C25H22N6O/c1-26-25-30-23-22-20(14-29-24(22)31-25)17-5-6-21-18(11-17)9-16(12-27-21)7-8-32-19-4-2-3-15(10-19)13-28-23/h2-6,9-12,14H,7-8,13H2,1H3,(H3,26,28,29,30,31). The minimum absolute atomic E-state index is 0.562. The molecule has 2 aromatic carbocycles. The van der Waals surface area contributed by atoms with Crippen molar-refractivity contribution in [3.05, 3.63) is 72.1 Å². The van der Waals surface area contributed by atoms with Gasteiger partial charge in [0.1, 0.15) is 17.2 Å². The lowest BCUT2D eigenvalue weighted by Crippen LogP contribution is -2.06. The predicted octanol–water partition coefficient (Wildman–Crippen LogP) is 4.76. The summed E-state index contributed by atoms with van der Waals surface area (Å²) >= 11 is 0. The number of anilines is 2. The first-order valence-electron chi connectivity index (χ1n) is 10.7. The van der Waals surface area contributed by atoms with Gasteiger partial charge in [-0.3, -0.25) is 4.98 Å². The molecule has 0 spiro atoms. The van der Waals surface area contributed by atoms with Crippen molar-refractivity contribution in [3.63, 3.8) is 0 Å². The number of aromatic nitrogens is 4. The molecule has 0 fully saturated rings.